The van der Waals surface area contributed by atoms with Crippen molar-refractivity contribution in [2.75, 3.05) is 5.32 Å². The Morgan fingerprint density at radius 3 is 2.46 bits per heavy atom. The van der Waals surface area contributed by atoms with Crippen LogP contribution in [0.5, 0.6) is 0 Å². The number of nitrogens with two attached hydrogens (primary N) is 1. The highest BCUT2D eigenvalue weighted by Gasteiger charge is 2.18. The predicted octanol–water partition coefficient (Wildman–Crippen LogP) is 3.98. The van der Waals surface area contributed by atoms with Gasteiger partial charge in [0.05, 0.1) is 17.5 Å². The zero-order chi connectivity index (χ0) is 17.7. The molecule has 0 aliphatic heterocycles. The monoisotopic (exact) mass is 413 g/mol. The molecular formula is C16H14BrClFN3O2. The number of carbonyl (C=O) groups is 2. The lowest BCUT2D eigenvalue weighted by Gasteiger charge is -2.18. The molecule has 24 heavy (non-hydrogen) atoms. The van der Waals surface area contributed by atoms with E-state index in [2.05, 4.69) is 26.6 Å². The molecule has 3 amide bonds. The molecule has 0 heterocycles. The first-order valence-electron chi connectivity index (χ1n) is 6.91. The van der Waals surface area contributed by atoms with Gasteiger partial charge in [-0.15, -0.1) is 0 Å². The summed E-state index contributed by atoms with van der Waals surface area (Å²) in [5.74, 6) is -0.947. The number of benzene rings is 2. The molecule has 0 aromatic heterocycles. The minimum absolute atomic E-state index is 0.0421. The lowest BCUT2D eigenvalue weighted by molar-refractivity contribution is -0.116. The fraction of sp³-hybridized carbons (Fsp3) is 0.125. The summed E-state index contributed by atoms with van der Waals surface area (Å²) in [4.78, 5) is 23.4. The molecule has 0 aliphatic carbocycles. The molecule has 0 unspecified atom stereocenters. The first-order chi connectivity index (χ1) is 11.3. The van der Waals surface area contributed by atoms with Crippen molar-refractivity contribution in [2.45, 2.75) is 12.5 Å². The van der Waals surface area contributed by atoms with Gasteiger partial charge in [0, 0.05) is 10.2 Å². The molecule has 2 aromatic rings. The van der Waals surface area contributed by atoms with E-state index in [4.69, 9.17) is 17.3 Å². The number of urea groups is 1. The Morgan fingerprint density at radius 2 is 1.88 bits per heavy atom. The number of nitrogens with one attached hydrogen (secondary N) is 2. The fourth-order valence-electron chi connectivity index (χ4n) is 2.09. The van der Waals surface area contributed by atoms with E-state index in [1.54, 1.807) is 24.3 Å². The second kappa shape index (κ2) is 8.12. The fourth-order valence-corrected chi connectivity index (χ4v) is 2.54. The summed E-state index contributed by atoms with van der Waals surface area (Å²) in [6.07, 6.45) is -0.0421. The van der Waals surface area contributed by atoms with Gasteiger partial charge in [-0.05, 0) is 35.9 Å². The average molecular weight is 415 g/mol. The quantitative estimate of drug-likeness (QED) is 0.691. The molecule has 0 bridgehead atoms. The standard InChI is InChI=1S/C16H14BrClFN3O2/c17-10-3-1-9(2-4-10)14(22-16(20)24)8-15(23)21-11-5-6-13(19)12(18)7-11/h1-7,14H,8H2,(H,21,23)(H3,20,22,24)/t14-/m0/s1. The molecule has 1 atom stereocenters. The number of carbonyl (C=O) groups excluding carboxylic acids is 2. The van der Waals surface area contributed by atoms with Gasteiger partial charge in [-0.3, -0.25) is 4.79 Å². The highest BCUT2D eigenvalue weighted by molar-refractivity contribution is 9.10. The van der Waals surface area contributed by atoms with E-state index in [0.29, 0.717) is 5.69 Å². The van der Waals surface area contributed by atoms with Crippen molar-refractivity contribution in [3.63, 3.8) is 0 Å². The molecule has 5 nitrogen and oxygen atoms in total. The second-order valence-electron chi connectivity index (χ2n) is 4.99. The van der Waals surface area contributed by atoms with Crippen LogP contribution in [0.25, 0.3) is 0 Å². The normalized spacial score (nSPS) is 11.6. The summed E-state index contributed by atoms with van der Waals surface area (Å²) in [6, 6.07) is 9.67. The van der Waals surface area contributed by atoms with Gasteiger partial charge in [-0.2, -0.15) is 0 Å². The summed E-state index contributed by atoms with van der Waals surface area (Å²) < 4.78 is 14.0. The minimum Gasteiger partial charge on any atom is -0.352 e. The number of hydrogen-bond acceptors (Lipinski definition) is 2. The minimum atomic E-state index is -0.736. The van der Waals surface area contributed by atoms with Gasteiger partial charge in [0.2, 0.25) is 5.91 Å². The van der Waals surface area contributed by atoms with Crippen LogP contribution in [-0.2, 0) is 4.79 Å². The summed E-state index contributed by atoms with van der Waals surface area (Å²) in [5.41, 5.74) is 6.26. The van der Waals surface area contributed by atoms with E-state index >= 15 is 0 Å². The molecule has 0 aliphatic rings. The molecule has 8 heteroatoms. The van der Waals surface area contributed by atoms with Crippen molar-refractivity contribution < 1.29 is 14.0 Å². The van der Waals surface area contributed by atoms with Gasteiger partial charge in [-0.1, -0.05) is 39.7 Å². The smallest absolute Gasteiger partial charge is 0.312 e. The van der Waals surface area contributed by atoms with E-state index < -0.39 is 17.9 Å². The van der Waals surface area contributed by atoms with Crippen molar-refractivity contribution in [3.05, 3.63) is 63.3 Å². The van der Waals surface area contributed by atoms with Gasteiger partial charge in [0.15, 0.2) is 0 Å². The topological polar surface area (TPSA) is 84.2 Å². The van der Waals surface area contributed by atoms with Gasteiger partial charge in [0.25, 0.3) is 0 Å². The van der Waals surface area contributed by atoms with Crippen LogP contribution in [0.2, 0.25) is 5.02 Å². The molecule has 0 spiro atoms. The third kappa shape index (κ3) is 5.21. The third-order valence-electron chi connectivity index (χ3n) is 3.18. The van der Waals surface area contributed by atoms with Crippen LogP contribution in [0.1, 0.15) is 18.0 Å². The first-order valence-corrected chi connectivity index (χ1v) is 8.08. The number of hydrogen-bond donors (Lipinski definition) is 3. The Bertz CT molecular complexity index is 755. The Hall–Kier alpha value is -2.12. The lowest BCUT2D eigenvalue weighted by atomic mass is 10.0. The molecule has 2 rings (SSSR count). The molecular weight excluding hydrogens is 401 g/mol. The highest BCUT2D eigenvalue weighted by Crippen LogP contribution is 2.22. The van der Waals surface area contributed by atoms with Crippen LogP contribution in [0.3, 0.4) is 0 Å². The molecule has 2 aromatic carbocycles. The van der Waals surface area contributed by atoms with E-state index in [1.165, 1.54) is 12.1 Å². The SMILES string of the molecule is NC(=O)N[C@@H](CC(=O)Nc1ccc(F)c(Cl)c1)c1ccc(Br)cc1. The summed E-state index contributed by atoms with van der Waals surface area (Å²) >= 11 is 9.00. The highest BCUT2D eigenvalue weighted by atomic mass is 79.9. The largest absolute Gasteiger partial charge is 0.352 e. The summed E-state index contributed by atoms with van der Waals surface area (Å²) in [6.45, 7) is 0. The van der Waals surface area contributed by atoms with Gasteiger partial charge in [0.1, 0.15) is 5.82 Å². The number of anilines is 1. The van der Waals surface area contributed by atoms with Crippen LogP contribution in [-0.4, -0.2) is 11.9 Å². The Morgan fingerprint density at radius 1 is 1.21 bits per heavy atom. The molecule has 4 N–H and O–H groups in total. The predicted molar refractivity (Wildman–Crippen MR) is 94.3 cm³/mol. The van der Waals surface area contributed by atoms with E-state index in [0.717, 1.165) is 16.1 Å². The number of rotatable bonds is 5. The first kappa shape index (κ1) is 18.2. The second-order valence-corrected chi connectivity index (χ2v) is 6.32. The molecule has 0 saturated carbocycles. The van der Waals surface area contributed by atoms with Gasteiger partial charge < -0.3 is 16.4 Å². The van der Waals surface area contributed by atoms with Crippen LogP contribution < -0.4 is 16.4 Å². The molecule has 0 saturated heterocycles. The lowest BCUT2D eigenvalue weighted by Crippen LogP contribution is -2.35. The zero-order valence-electron chi connectivity index (χ0n) is 12.4. The molecule has 126 valence electrons. The van der Waals surface area contributed by atoms with Crippen molar-refractivity contribution in [1.82, 2.24) is 5.32 Å². The Labute approximate surface area is 151 Å². The summed E-state index contributed by atoms with van der Waals surface area (Å²) in [7, 11) is 0. The molecule has 0 radical (unpaired) electrons. The van der Waals surface area contributed by atoms with Crippen molar-refractivity contribution >= 4 is 45.2 Å². The summed E-state index contributed by atoms with van der Waals surface area (Å²) in [5, 5.41) is 5.04. The van der Waals surface area contributed by atoms with Gasteiger partial charge in [-0.25, -0.2) is 9.18 Å². The maximum Gasteiger partial charge on any atom is 0.312 e. The van der Waals surface area contributed by atoms with E-state index in [9.17, 15) is 14.0 Å². The van der Waals surface area contributed by atoms with Crippen LogP contribution in [0.4, 0.5) is 14.9 Å². The third-order valence-corrected chi connectivity index (χ3v) is 4.00. The number of halogens is 3. The van der Waals surface area contributed by atoms with Crippen molar-refractivity contribution in [1.29, 1.82) is 0 Å². The number of primary amides is 1. The van der Waals surface area contributed by atoms with E-state index in [-0.39, 0.29) is 17.4 Å². The van der Waals surface area contributed by atoms with Gasteiger partial charge >= 0.3 is 6.03 Å². The molecule has 0 fully saturated rings. The van der Waals surface area contributed by atoms with Crippen LogP contribution in [0.15, 0.2) is 46.9 Å². The Kier molecular flexibility index (Phi) is 6.16. The van der Waals surface area contributed by atoms with Crippen molar-refractivity contribution in [2.24, 2.45) is 5.73 Å². The van der Waals surface area contributed by atoms with Crippen LogP contribution in [0, 0.1) is 5.82 Å². The van der Waals surface area contributed by atoms with E-state index in [1.807, 2.05) is 0 Å². The average Bonchev–Trinajstić information content (AvgIpc) is 2.50. The Balaban J connectivity index is 2.10. The van der Waals surface area contributed by atoms with Crippen LogP contribution >= 0.6 is 27.5 Å². The maximum absolute atomic E-state index is 13.1. The maximum atomic E-state index is 13.1. The zero-order valence-corrected chi connectivity index (χ0v) is 14.7. The van der Waals surface area contributed by atoms with Crippen molar-refractivity contribution in [3.8, 4) is 0 Å². The number of amides is 3.